The molecule has 1 saturated carbocycles. The molecular formula is C17H24N2O2. The molecule has 0 atom stereocenters. The summed E-state index contributed by atoms with van der Waals surface area (Å²) >= 11 is 0. The maximum Gasteiger partial charge on any atom is 0.235 e. The molecule has 0 aliphatic heterocycles. The predicted molar refractivity (Wildman–Crippen MR) is 82.7 cm³/mol. The van der Waals surface area contributed by atoms with Crippen LogP contribution in [0.15, 0.2) is 30.3 Å². The third-order valence-corrected chi connectivity index (χ3v) is 3.83. The van der Waals surface area contributed by atoms with Crippen LogP contribution in [0.5, 0.6) is 0 Å². The average molecular weight is 288 g/mol. The zero-order valence-electron chi connectivity index (χ0n) is 12.8. The molecule has 4 heteroatoms. The van der Waals surface area contributed by atoms with Gasteiger partial charge in [0.25, 0.3) is 0 Å². The fourth-order valence-electron chi connectivity index (χ4n) is 2.28. The minimum absolute atomic E-state index is 0.117. The molecule has 1 fully saturated rings. The molecule has 0 saturated heterocycles. The molecule has 0 heterocycles. The monoisotopic (exact) mass is 288 g/mol. The smallest absolute Gasteiger partial charge is 0.235 e. The van der Waals surface area contributed by atoms with E-state index < -0.39 is 5.41 Å². The van der Waals surface area contributed by atoms with Gasteiger partial charge in [0, 0.05) is 13.1 Å². The van der Waals surface area contributed by atoms with Gasteiger partial charge in [-0.15, -0.1) is 0 Å². The molecule has 0 bridgehead atoms. The number of rotatable bonds is 7. The number of carbonyl (C=O) groups excluding carboxylic acids is 2. The highest BCUT2D eigenvalue weighted by Gasteiger charge is 2.56. The molecule has 2 rings (SSSR count). The van der Waals surface area contributed by atoms with Crippen LogP contribution in [0.1, 0.15) is 32.3 Å². The van der Waals surface area contributed by atoms with E-state index in [0.29, 0.717) is 31.8 Å². The van der Waals surface area contributed by atoms with E-state index in [2.05, 4.69) is 10.6 Å². The first-order valence-electron chi connectivity index (χ1n) is 7.65. The molecule has 21 heavy (non-hydrogen) atoms. The molecular weight excluding hydrogens is 264 g/mol. The Kier molecular flexibility index (Phi) is 4.99. The number of amides is 2. The van der Waals surface area contributed by atoms with Crippen LogP contribution in [-0.2, 0) is 16.0 Å². The molecule has 1 aromatic rings. The second-order valence-corrected chi connectivity index (χ2v) is 6.18. The fraction of sp³-hybridized carbons (Fsp3) is 0.529. The molecule has 2 amide bonds. The number of hydrogen-bond acceptors (Lipinski definition) is 2. The van der Waals surface area contributed by atoms with E-state index in [0.717, 1.165) is 6.42 Å². The predicted octanol–water partition coefficient (Wildman–Crippen LogP) is 1.90. The summed E-state index contributed by atoms with van der Waals surface area (Å²) in [4.78, 5) is 24.4. The van der Waals surface area contributed by atoms with Crippen molar-refractivity contribution in [1.82, 2.24) is 10.6 Å². The van der Waals surface area contributed by atoms with Crippen LogP contribution < -0.4 is 10.6 Å². The Labute approximate surface area is 126 Å². The summed E-state index contributed by atoms with van der Waals surface area (Å²) in [5.74, 6) is 0.152. The number of benzene rings is 1. The van der Waals surface area contributed by atoms with Gasteiger partial charge in [-0.2, -0.15) is 0 Å². The lowest BCUT2D eigenvalue weighted by Crippen LogP contribution is -2.44. The van der Waals surface area contributed by atoms with E-state index in [1.807, 2.05) is 44.2 Å². The summed E-state index contributed by atoms with van der Waals surface area (Å²) in [5, 5.41) is 5.78. The Hall–Kier alpha value is -1.84. The van der Waals surface area contributed by atoms with Crippen molar-refractivity contribution in [3.05, 3.63) is 35.9 Å². The maximum absolute atomic E-state index is 12.2. The lowest BCUT2D eigenvalue weighted by atomic mass is 10.0. The van der Waals surface area contributed by atoms with E-state index in [9.17, 15) is 9.59 Å². The van der Waals surface area contributed by atoms with Gasteiger partial charge < -0.3 is 10.6 Å². The van der Waals surface area contributed by atoms with Gasteiger partial charge in [0.1, 0.15) is 5.41 Å². The lowest BCUT2D eigenvalue weighted by molar-refractivity contribution is -0.137. The van der Waals surface area contributed by atoms with Gasteiger partial charge in [-0.05, 0) is 30.7 Å². The molecule has 2 N–H and O–H groups in total. The second kappa shape index (κ2) is 6.74. The number of nitrogens with one attached hydrogen (secondary N) is 2. The van der Waals surface area contributed by atoms with Crippen molar-refractivity contribution in [1.29, 1.82) is 0 Å². The highest BCUT2D eigenvalue weighted by Crippen LogP contribution is 2.46. The van der Waals surface area contributed by atoms with Crippen molar-refractivity contribution in [2.24, 2.45) is 11.3 Å². The van der Waals surface area contributed by atoms with Crippen molar-refractivity contribution in [3.63, 3.8) is 0 Å². The summed E-state index contributed by atoms with van der Waals surface area (Å²) in [6.07, 6.45) is 2.11. The van der Waals surface area contributed by atoms with Gasteiger partial charge in [-0.25, -0.2) is 0 Å². The zero-order chi connectivity index (χ0) is 15.3. The summed E-state index contributed by atoms with van der Waals surface area (Å²) in [6, 6.07) is 10.0. The van der Waals surface area contributed by atoms with E-state index in [1.54, 1.807) is 0 Å². The summed E-state index contributed by atoms with van der Waals surface area (Å²) < 4.78 is 0. The minimum Gasteiger partial charge on any atom is -0.355 e. The van der Waals surface area contributed by atoms with E-state index >= 15 is 0 Å². The molecule has 0 unspecified atom stereocenters. The SMILES string of the molecule is CC(C)CNC(=O)C1(C(=O)NCCc2ccccc2)CC1. The van der Waals surface area contributed by atoms with E-state index in [1.165, 1.54) is 5.56 Å². The lowest BCUT2D eigenvalue weighted by Gasteiger charge is -2.16. The third kappa shape index (κ3) is 4.06. The second-order valence-electron chi connectivity index (χ2n) is 6.18. The Morgan fingerprint density at radius 1 is 1.10 bits per heavy atom. The van der Waals surface area contributed by atoms with Gasteiger partial charge in [0.05, 0.1) is 0 Å². The van der Waals surface area contributed by atoms with E-state index in [-0.39, 0.29) is 11.8 Å². The van der Waals surface area contributed by atoms with Gasteiger partial charge in [0.15, 0.2) is 0 Å². The highest BCUT2D eigenvalue weighted by atomic mass is 16.2. The Balaban J connectivity index is 1.78. The first kappa shape index (κ1) is 15.5. The number of hydrogen-bond donors (Lipinski definition) is 2. The Morgan fingerprint density at radius 3 is 2.29 bits per heavy atom. The largest absolute Gasteiger partial charge is 0.355 e. The van der Waals surface area contributed by atoms with Crippen LogP contribution in [0.3, 0.4) is 0 Å². The van der Waals surface area contributed by atoms with Crippen molar-refractivity contribution < 1.29 is 9.59 Å². The zero-order valence-corrected chi connectivity index (χ0v) is 12.8. The molecule has 4 nitrogen and oxygen atoms in total. The van der Waals surface area contributed by atoms with Crippen molar-refractivity contribution >= 4 is 11.8 Å². The highest BCUT2D eigenvalue weighted by molar-refractivity contribution is 6.07. The maximum atomic E-state index is 12.2. The third-order valence-electron chi connectivity index (χ3n) is 3.83. The van der Waals surface area contributed by atoms with Crippen LogP contribution >= 0.6 is 0 Å². The van der Waals surface area contributed by atoms with Crippen LogP contribution in [0.25, 0.3) is 0 Å². The van der Waals surface area contributed by atoms with Crippen molar-refractivity contribution in [2.75, 3.05) is 13.1 Å². The standard InChI is InChI=1S/C17H24N2O2/c1-13(2)12-19-16(21)17(9-10-17)15(20)18-11-8-14-6-4-3-5-7-14/h3-7,13H,8-12H2,1-2H3,(H,18,20)(H,19,21). The summed E-state index contributed by atoms with van der Waals surface area (Å²) in [6.45, 7) is 5.28. The quantitative estimate of drug-likeness (QED) is 0.753. The summed E-state index contributed by atoms with van der Waals surface area (Å²) in [7, 11) is 0. The number of carbonyl (C=O) groups is 2. The normalized spacial score (nSPS) is 15.6. The molecule has 1 aromatic carbocycles. The molecule has 0 aromatic heterocycles. The summed E-state index contributed by atoms with van der Waals surface area (Å²) in [5.41, 5.74) is 0.387. The van der Waals surface area contributed by atoms with Gasteiger partial charge >= 0.3 is 0 Å². The molecule has 1 aliphatic carbocycles. The van der Waals surface area contributed by atoms with Crippen molar-refractivity contribution in [2.45, 2.75) is 33.1 Å². The van der Waals surface area contributed by atoms with Gasteiger partial charge in [-0.1, -0.05) is 44.2 Å². The first-order valence-corrected chi connectivity index (χ1v) is 7.65. The average Bonchev–Trinajstić information content (AvgIpc) is 3.27. The topological polar surface area (TPSA) is 58.2 Å². The molecule has 1 aliphatic rings. The minimum atomic E-state index is -0.800. The fourth-order valence-corrected chi connectivity index (χ4v) is 2.28. The first-order chi connectivity index (χ1) is 10.0. The Bertz CT molecular complexity index is 493. The Morgan fingerprint density at radius 2 is 1.71 bits per heavy atom. The molecule has 0 spiro atoms. The van der Waals surface area contributed by atoms with Crippen LogP contribution in [-0.4, -0.2) is 24.9 Å². The van der Waals surface area contributed by atoms with Gasteiger partial charge in [0.2, 0.25) is 11.8 Å². The van der Waals surface area contributed by atoms with Crippen molar-refractivity contribution in [3.8, 4) is 0 Å². The van der Waals surface area contributed by atoms with E-state index in [4.69, 9.17) is 0 Å². The van der Waals surface area contributed by atoms with Gasteiger partial charge in [-0.3, -0.25) is 9.59 Å². The van der Waals surface area contributed by atoms with Crippen LogP contribution in [0, 0.1) is 11.3 Å². The van der Waals surface area contributed by atoms with Crippen LogP contribution in [0.2, 0.25) is 0 Å². The molecule has 114 valence electrons. The van der Waals surface area contributed by atoms with Crippen LogP contribution in [0.4, 0.5) is 0 Å². The molecule has 0 radical (unpaired) electrons.